The molecule has 0 heterocycles. The highest BCUT2D eigenvalue weighted by Crippen LogP contribution is 2.30. The summed E-state index contributed by atoms with van der Waals surface area (Å²) >= 11 is 0. The van der Waals surface area contributed by atoms with Crippen LogP contribution in [0.1, 0.15) is 76.0 Å². The monoisotopic (exact) mass is 319 g/mol. The smallest absolute Gasteiger partial charge is 0.325 e. The Bertz CT molecular complexity index is 483. The maximum atomic E-state index is 11.6. The van der Waals surface area contributed by atoms with Crippen molar-refractivity contribution in [2.75, 3.05) is 6.54 Å². The second-order valence-corrected chi connectivity index (χ2v) is 6.17. The molecule has 0 aliphatic rings. The molecule has 0 aromatic heterocycles. The number of rotatable bonds is 11. The first-order valence-corrected chi connectivity index (χ1v) is 9.22. The molecule has 0 amide bonds. The van der Waals surface area contributed by atoms with Crippen LogP contribution in [0.3, 0.4) is 0 Å². The van der Waals surface area contributed by atoms with Crippen molar-refractivity contribution in [3.05, 3.63) is 28.8 Å². The van der Waals surface area contributed by atoms with E-state index in [1.165, 1.54) is 42.4 Å². The molecule has 0 fully saturated rings. The van der Waals surface area contributed by atoms with E-state index in [1.807, 2.05) is 6.07 Å². The minimum absolute atomic E-state index is 0.0743. The van der Waals surface area contributed by atoms with Gasteiger partial charge in [-0.25, -0.2) is 0 Å². The summed E-state index contributed by atoms with van der Waals surface area (Å²) in [5.41, 5.74) is 9.48. The van der Waals surface area contributed by atoms with E-state index in [4.69, 9.17) is 10.5 Å². The van der Waals surface area contributed by atoms with Gasteiger partial charge in [0, 0.05) is 0 Å². The van der Waals surface area contributed by atoms with Gasteiger partial charge in [-0.15, -0.1) is 0 Å². The molecule has 0 aliphatic carbocycles. The Labute approximate surface area is 141 Å². The summed E-state index contributed by atoms with van der Waals surface area (Å²) in [6, 6.07) is 4.12. The number of carbonyl (C=O) groups is 1. The normalized spacial score (nSPS) is 10.8. The van der Waals surface area contributed by atoms with Gasteiger partial charge in [-0.05, 0) is 61.3 Å². The molecule has 23 heavy (non-hydrogen) atoms. The molecule has 1 aromatic carbocycles. The van der Waals surface area contributed by atoms with Crippen molar-refractivity contribution in [1.29, 1.82) is 0 Å². The minimum atomic E-state index is -0.356. The highest BCUT2D eigenvalue weighted by molar-refractivity contribution is 5.74. The van der Waals surface area contributed by atoms with Crippen LogP contribution < -0.4 is 10.5 Å². The predicted octanol–water partition coefficient (Wildman–Crippen LogP) is 4.58. The lowest BCUT2D eigenvalue weighted by Gasteiger charge is -2.18. The van der Waals surface area contributed by atoms with Gasteiger partial charge in [0.1, 0.15) is 5.75 Å². The van der Waals surface area contributed by atoms with Crippen molar-refractivity contribution < 1.29 is 9.53 Å². The Kier molecular flexibility index (Phi) is 9.61. The summed E-state index contributed by atoms with van der Waals surface area (Å²) < 4.78 is 5.51. The molecule has 1 rings (SSSR count). The molecular formula is C20H33NO2. The molecule has 2 N–H and O–H groups in total. The van der Waals surface area contributed by atoms with Gasteiger partial charge in [-0.3, -0.25) is 4.79 Å². The van der Waals surface area contributed by atoms with E-state index in [1.54, 1.807) is 0 Å². The van der Waals surface area contributed by atoms with Gasteiger partial charge < -0.3 is 10.5 Å². The van der Waals surface area contributed by atoms with Crippen LogP contribution in [0.4, 0.5) is 0 Å². The number of hydrogen-bond donors (Lipinski definition) is 1. The molecule has 0 saturated carbocycles. The molecule has 0 radical (unpaired) electrons. The van der Waals surface area contributed by atoms with E-state index >= 15 is 0 Å². The molecular weight excluding hydrogens is 286 g/mol. The zero-order valence-corrected chi connectivity index (χ0v) is 15.1. The number of carbonyl (C=O) groups excluding carboxylic acids is 1. The summed E-state index contributed by atoms with van der Waals surface area (Å²) in [5, 5.41) is 0. The van der Waals surface area contributed by atoms with Crippen LogP contribution in [-0.4, -0.2) is 12.5 Å². The largest absolute Gasteiger partial charge is 0.425 e. The predicted molar refractivity (Wildman–Crippen MR) is 97.0 cm³/mol. The fraction of sp³-hybridized carbons (Fsp3) is 0.650. The van der Waals surface area contributed by atoms with Crippen molar-refractivity contribution in [3.63, 3.8) is 0 Å². The lowest BCUT2D eigenvalue weighted by atomic mass is 9.90. The first kappa shape index (κ1) is 19.7. The first-order chi connectivity index (χ1) is 11.2. The van der Waals surface area contributed by atoms with Gasteiger partial charge in [-0.1, -0.05) is 46.1 Å². The van der Waals surface area contributed by atoms with Gasteiger partial charge in [0.15, 0.2) is 0 Å². The van der Waals surface area contributed by atoms with Gasteiger partial charge in [-0.2, -0.15) is 0 Å². The van der Waals surface area contributed by atoms with E-state index in [9.17, 15) is 4.79 Å². The zero-order valence-electron chi connectivity index (χ0n) is 15.1. The van der Waals surface area contributed by atoms with Crippen LogP contribution in [0.2, 0.25) is 0 Å². The molecule has 0 saturated heterocycles. The molecule has 130 valence electrons. The van der Waals surface area contributed by atoms with Crippen LogP contribution in [0.5, 0.6) is 5.75 Å². The van der Waals surface area contributed by atoms with Gasteiger partial charge >= 0.3 is 5.97 Å². The zero-order chi connectivity index (χ0) is 17.1. The number of unbranched alkanes of at least 4 members (excludes halogenated alkanes) is 3. The van der Waals surface area contributed by atoms with Crippen LogP contribution in [0, 0.1) is 0 Å². The second-order valence-electron chi connectivity index (χ2n) is 6.17. The van der Waals surface area contributed by atoms with Crippen molar-refractivity contribution in [3.8, 4) is 5.75 Å². The van der Waals surface area contributed by atoms with E-state index in [0.717, 1.165) is 37.9 Å². The van der Waals surface area contributed by atoms with Gasteiger partial charge in [0.2, 0.25) is 0 Å². The van der Waals surface area contributed by atoms with E-state index < -0.39 is 0 Å². The number of ether oxygens (including phenoxy) is 1. The summed E-state index contributed by atoms with van der Waals surface area (Å²) in [6.45, 7) is 6.56. The fourth-order valence-electron chi connectivity index (χ4n) is 2.87. The Hall–Kier alpha value is -1.35. The molecule has 0 unspecified atom stereocenters. The number of aryl methyl sites for hydroxylation is 1. The molecule has 0 bridgehead atoms. The SMILES string of the molecule is CCCCc1ccc(OC(=O)CN)c(CCCC)c1CCCC. The third-order valence-electron chi connectivity index (χ3n) is 4.24. The minimum Gasteiger partial charge on any atom is -0.425 e. The number of hydrogen-bond acceptors (Lipinski definition) is 3. The molecule has 0 aliphatic heterocycles. The standard InChI is InChI=1S/C20H33NO2/c1-4-7-10-16-13-14-19(23-20(22)15-21)18(12-9-6-3)17(16)11-8-5-2/h13-14H,4-12,15,21H2,1-3H3. The molecule has 1 aromatic rings. The van der Waals surface area contributed by atoms with Crippen LogP contribution in [-0.2, 0) is 24.1 Å². The second kappa shape index (κ2) is 11.2. The summed E-state index contributed by atoms with van der Waals surface area (Å²) in [5.74, 6) is 0.366. The van der Waals surface area contributed by atoms with Crippen LogP contribution >= 0.6 is 0 Å². The topological polar surface area (TPSA) is 52.3 Å². The molecule has 3 heteroatoms. The van der Waals surface area contributed by atoms with Crippen LogP contribution in [0.25, 0.3) is 0 Å². The Morgan fingerprint density at radius 1 is 0.913 bits per heavy atom. The molecule has 0 atom stereocenters. The highest BCUT2D eigenvalue weighted by Gasteiger charge is 2.15. The average Bonchev–Trinajstić information content (AvgIpc) is 2.57. The van der Waals surface area contributed by atoms with Crippen LogP contribution in [0.15, 0.2) is 12.1 Å². The van der Waals surface area contributed by atoms with Crippen molar-refractivity contribution >= 4 is 5.97 Å². The van der Waals surface area contributed by atoms with E-state index in [-0.39, 0.29) is 12.5 Å². The van der Waals surface area contributed by atoms with Crippen molar-refractivity contribution in [1.82, 2.24) is 0 Å². The first-order valence-electron chi connectivity index (χ1n) is 9.22. The molecule has 3 nitrogen and oxygen atoms in total. The Morgan fingerprint density at radius 3 is 2.04 bits per heavy atom. The fourth-order valence-corrected chi connectivity index (χ4v) is 2.87. The Morgan fingerprint density at radius 2 is 1.48 bits per heavy atom. The number of esters is 1. The summed E-state index contributed by atoms with van der Waals surface area (Å²) in [4.78, 5) is 11.6. The van der Waals surface area contributed by atoms with E-state index in [2.05, 4.69) is 26.8 Å². The summed E-state index contributed by atoms with van der Waals surface area (Å²) in [7, 11) is 0. The summed E-state index contributed by atoms with van der Waals surface area (Å²) in [6.07, 6.45) is 10.2. The van der Waals surface area contributed by atoms with Gasteiger partial charge in [0.05, 0.1) is 6.54 Å². The number of nitrogens with two attached hydrogens (primary N) is 1. The van der Waals surface area contributed by atoms with E-state index in [0.29, 0.717) is 0 Å². The maximum Gasteiger partial charge on any atom is 0.325 e. The molecule has 0 spiro atoms. The van der Waals surface area contributed by atoms with Crippen molar-refractivity contribution in [2.24, 2.45) is 5.73 Å². The highest BCUT2D eigenvalue weighted by atomic mass is 16.5. The van der Waals surface area contributed by atoms with Crippen molar-refractivity contribution in [2.45, 2.75) is 78.6 Å². The lowest BCUT2D eigenvalue weighted by Crippen LogP contribution is -2.20. The average molecular weight is 319 g/mol. The quantitative estimate of drug-likeness (QED) is 0.480. The third kappa shape index (κ3) is 6.34. The Balaban J connectivity index is 3.20. The maximum absolute atomic E-state index is 11.6. The lowest BCUT2D eigenvalue weighted by molar-refractivity contribution is -0.132. The third-order valence-corrected chi connectivity index (χ3v) is 4.24. The van der Waals surface area contributed by atoms with Gasteiger partial charge in [0.25, 0.3) is 0 Å². The number of benzene rings is 1.